The highest BCUT2D eigenvalue weighted by Gasteiger charge is 2.33. The van der Waals surface area contributed by atoms with Crippen molar-refractivity contribution in [2.75, 3.05) is 18.2 Å². The van der Waals surface area contributed by atoms with Gasteiger partial charge in [-0.3, -0.25) is 9.59 Å². The van der Waals surface area contributed by atoms with Crippen molar-refractivity contribution in [2.45, 2.75) is 33.7 Å². The number of carbonyl (C=O) groups is 2. The first-order chi connectivity index (χ1) is 8.41. The summed E-state index contributed by atoms with van der Waals surface area (Å²) in [6.45, 7) is 8.53. The Labute approximate surface area is 113 Å². The zero-order valence-electron chi connectivity index (χ0n) is 11.5. The molecule has 1 fully saturated rings. The van der Waals surface area contributed by atoms with Crippen molar-refractivity contribution in [1.82, 2.24) is 10.2 Å². The first-order valence-corrected chi connectivity index (χ1v) is 7.38. The first kappa shape index (κ1) is 15.1. The van der Waals surface area contributed by atoms with Gasteiger partial charge in [0.2, 0.25) is 11.8 Å². The fourth-order valence-electron chi connectivity index (χ4n) is 1.63. The molecule has 0 aromatic rings. The molecule has 1 heterocycles. The number of nitrogens with one attached hydrogen (secondary N) is 1. The van der Waals surface area contributed by atoms with Gasteiger partial charge in [-0.05, 0) is 19.8 Å². The van der Waals surface area contributed by atoms with Gasteiger partial charge in [0.15, 0.2) is 0 Å². The molecule has 0 saturated carbocycles. The van der Waals surface area contributed by atoms with Gasteiger partial charge in [0, 0.05) is 18.4 Å². The number of amides is 2. The van der Waals surface area contributed by atoms with Crippen LogP contribution < -0.4 is 5.32 Å². The van der Waals surface area contributed by atoms with Gasteiger partial charge in [0.05, 0.1) is 5.88 Å². The van der Waals surface area contributed by atoms with Crippen LogP contribution in [-0.2, 0) is 9.59 Å². The summed E-state index contributed by atoms with van der Waals surface area (Å²) in [4.78, 5) is 25.6. The average molecular weight is 270 g/mol. The van der Waals surface area contributed by atoms with Gasteiger partial charge in [0.25, 0.3) is 0 Å². The molecule has 2 amide bonds. The fourth-order valence-corrected chi connectivity index (χ4v) is 2.79. The largest absolute Gasteiger partial charge is 0.354 e. The van der Waals surface area contributed by atoms with Gasteiger partial charge in [0.1, 0.15) is 6.04 Å². The van der Waals surface area contributed by atoms with E-state index in [1.165, 1.54) is 0 Å². The van der Waals surface area contributed by atoms with Crippen molar-refractivity contribution >= 4 is 23.6 Å². The molecule has 4 nitrogen and oxygen atoms in total. The molecular weight excluding hydrogens is 248 g/mol. The smallest absolute Gasteiger partial charge is 0.247 e. The summed E-state index contributed by atoms with van der Waals surface area (Å²) in [6, 6.07) is -0.322. The molecule has 0 spiro atoms. The van der Waals surface area contributed by atoms with Gasteiger partial charge in [-0.25, -0.2) is 0 Å². The van der Waals surface area contributed by atoms with Crippen LogP contribution >= 0.6 is 11.8 Å². The second kappa shape index (κ2) is 6.83. The molecule has 0 bridgehead atoms. The Morgan fingerprint density at radius 1 is 1.44 bits per heavy atom. The van der Waals surface area contributed by atoms with Crippen LogP contribution in [0.25, 0.3) is 0 Å². The third-order valence-corrected chi connectivity index (χ3v) is 3.58. The van der Waals surface area contributed by atoms with E-state index in [0.717, 1.165) is 5.57 Å². The van der Waals surface area contributed by atoms with Crippen molar-refractivity contribution in [3.63, 3.8) is 0 Å². The van der Waals surface area contributed by atoms with Gasteiger partial charge in [-0.1, -0.05) is 19.4 Å². The summed E-state index contributed by atoms with van der Waals surface area (Å²) in [7, 11) is 0. The lowest BCUT2D eigenvalue weighted by atomic mass is 10.2. The van der Waals surface area contributed by atoms with Crippen molar-refractivity contribution in [3.05, 3.63) is 11.6 Å². The lowest BCUT2D eigenvalue weighted by molar-refractivity contribution is -0.134. The zero-order valence-corrected chi connectivity index (χ0v) is 12.3. The molecule has 0 radical (unpaired) electrons. The molecule has 5 heteroatoms. The topological polar surface area (TPSA) is 49.4 Å². The van der Waals surface area contributed by atoms with Crippen LogP contribution in [0.3, 0.4) is 0 Å². The maximum atomic E-state index is 12.0. The Balaban J connectivity index is 2.61. The number of nitrogens with zero attached hydrogens (tertiary/aromatic N) is 1. The monoisotopic (exact) mass is 270 g/mol. The molecule has 1 N–H and O–H groups in total. The molecular formula is C13H22N2O2S. The summed E-state index contributed by atoms with van der Waals surface area (Å²) in [5.74, 6) is 1.60. The van der Waals surface area contributed by atoms with E-state index in [1.54, 1.807) is 22.7 Å². The normalized spacial score (nSPS) is 18.9. The summed E-state index contributed by atoms with van der Waals surface area (Å²) >= 11 is 1.62. The van der Waals surface area contributed by atoms with E-state index < -0.39 is 0 Å². The number of rotatable bonds is 4. The van der Waals surface area contributed by atoms with Crippen LogP contribution in [0.15, 0.2) is 11.6 Å². The van der Waals surface area contributed by atoms with Gasteiger partial charge in [-0.15, -0.1) is 11.8 Å². The number of allylic oxidation sites excluding steroid dienone is 1. The minimum absolute atomic E-state index is 0.0378. The van der Waals surface area contributed by atoms with E-state index in [1.807, 2.05) is 13.8 Å². The predicted octanol–water partition coefficient (Wildman–Crippen LogP) is 1.63. The summed E-state index contributed by atoms with van der Waals surface area (Å²) < 4.78 is 0. The van der Waals surface area contributed by atoms with E-state index >= 15 is 0 Å². The third-order valence-electron chi connectivity index (χ3n) is 2.56. The summed E-state index contributed by atoms with van der Waals surface area (Å²) in [6.07, 6.45) is 1.59. The Kier molecular flexibility index (Phi) is 5.72. The van der Waals surface area contributed by atoms with Crippen molar-refractivity contribution in [1.29, 1.82) is 0 Å². The quantitative estimate of drug-likeness (QED) is 0.790. The predicted molar refractivity (Wildman–Crippen MR) is 75.2 cm³/mol. The molecule has 0 unspecified atom stereocenters. The second-order valence-electron chi connectivity index (χ2n) is 5.18. The number of carbonyl (C=O) groups excluding carboxylic acids is 2. The molecule has 1 rings (SSSR count). The molecule has 1 saturated heterocycles. The standard InChI is InChI=1S/C13H22N2O2S/c1-9(2)5-12(16)15-8-18-7-11(15)13(17)14-6-10(3)4/h5,10-11H,6-8H2,1-4H3,(H,14,17)/t11-/m0/s1. The van der Waals surface area contributed by atoms with Gasteiger partial charge >= 0.3 is 0 Å². The van der Waals surface area contributed by atoms with E-state index in [2.05, 4.69) is 19.2 Å². The third kappa shape index (κ3) is 4.37. The highest BCUT2D eigenvalue weighted by Crippen LogP contribution is 2.21. The molecule has 1 aliphatic heterocycles. The summed E-state index contributed by atoms with van der Waals surface area (Å²) in [5, 5.41) is 2.90. The number of thioether (sulfide) groups is 1. The molecule has 0 aromatic carbocycles. The Hall–Kier alpha value is -0.970. The van der Waals surface area contributed by atoms with Crippen molar-refractivity contribution in [3.8, 4) is 0 Å². The second-order valence-corrected chi connectivity index (χ2v) is 6.18. The van der Waals surface area contributed by atoms with E-state index in [0.29, 0.717) is 24.1 Å². The van der Waals surface area contributed by atoms with Crippen LogP contribution in [0.4, 0.5) is 0 Å². The number of hydrogen-bond acceptors (Lipinski definition) is 3. The summed E-state index contributed by atoms with van der Waals surface area (Å²) in [5.41, 5.74) is 0.957. The Bertz CT molecular complexity index is 349. The van der Waals surface area contributed by atoms with Crippen LogP contribution in [0.5, 0.6) is 0 Å². The van der Waals surface area contributed by atoms with E-state index in [4.69, 9.17) is 0 Å². The maximum Gasteiger partial charge on any atom is 0.247 e. The number of hydrogen-bond donors (Lipinski definition) is 1. The molecule has 1 aliphatic rings. The zero-order chi connectivity index (χ0) is 13.7. The lowest BCUT2D eigenvalue weighted by Crippen LogP contribution is -2.47. The Morgan fingerprint density at radius 3 is 2.67 bits per heavy atom. The molecule has 0 aromatic heterocycles. The molecule has 102 valence electrons. The van der Waals surface area contributed by atoms with Gasteiger partial charge in [-0.2, -0.15) is 0 Å². The average Bonchev–Trinajstić information content (AvgIpc) is 2.73. The lowest BCUT2D eigenvalue weighted by Gasteiger charge is -2.22. The van der Waals surface area contributed by atoms with Crippen LogP contribution in [-0.4, -0.2) is 40.9 Å². The molecule has 0 aliphatic carbocycles. The van der Waals surface area contributed by atoms with E-state index in [9.17, 15) is 9.59 Å². The van der Waals surface area contributed by atoms with Crippen LogP contribution in [0, 0.1) is 5.92 Å². The van der Waals surface area contributed by atoms with Crippen LogP contribution in [0.1, 0.15) is 27.7 Å². The fraction of sp³-hybridized carbons (Fsp3) is 0.692. The van der Waals surface area contributed by atoms with Crippen molar-refractivity contribution in [2.24, 2.45) is 5.92 Å². The van der Waals surface area contributed by atoms with Crippen molar-refractivity contribution < 1.29 is 9.59 Å². The van der Waals surface area contributed by atoms with Gasteiger partial charge < -0.3 is 10.2 Å². The minimum atomic E-state index is -0.322. The minimum Gasteiger partial charge on any atom is -0.354 e. The highest BCUT2D eigenvalue weighted by atomic mass is 32.2. The Morgan fingerprint density at radius 2 is 2.11 bits per heavy atom. The molecule has 18 heavy (non-hydrogen) atoms. The van der Waals surface area contributed by atoms with E-state index in [-0.39, 0.29) is 17.9 Å². The SMILES string of the molecule is CC(C)=CC(=O)N1CSC[C@H]1C(=O)NCC(C)C. The first-order valence-electron chi connectivity index (χ1n) is 6.22. The molecule has 1 atom stereocenters. The highest BCUT2D eigenvalue weighted by molar-refractivity contribution is 7.99. The van der Waals surface area contributed by atoms with Crippen LogP contribution in [0.2, 0.25) is 0 Å². The maximum absolute atomic E-state index is 12.0.